The van der Waals surface area contributed by atoms with Crippen molar-refractivity contribution in [3.05, 3.63) is 0 Å². The molecule has 13 heavy (non-hydrogen) atoms. The van der Waals surface area contributed by atoms with Crippen LogP contribution in [0, 0.1) is 0 Å². The van der Waals surface area contributed by atoms with Crippen LogP contribution in [-0.2, 0) is 4.74 Å². The molecule has 0 bridgehead atoms. The molecule has 0 amide bonds. The van der Waals surface area contributed by atoms with Crippen LogP contribution in [0.5, 0.6) is 0 Å². The molecule has 0 aliphatic rings. The molecule has 80 valence electrons. The largest absolute Gasteiger partial charge is 0.452 e. The molecule has 1 N–H and O–H groups in total. The molecule has 0 aromatic carbocycles. The Bertz CT molecular complexity index is 174. The summed E-state index contributed by atoms with van der Waals surface area (Å²) in [5.41, 5.74) is 0. The first kappa shape index (κ1) is 12.4. The van der Waals surface area contributed by atoms with Crippen molar-refractivity contribution in [2.24, 2.45) is 0 Å². The highest BCUT2D eigenvalue weighted by atomic mass is 19.3. The topological polar surface area (TPSA) is 29.5 Å². The molecular weight excluding hydrogens is 213 g/mol. The average Bonchev–Trinajstić information content (AvgIpc) is 1.83. The van der Waals surface area contributed by atoms with E-state index in [1.165, 1.54) is 0 Å². The van der Waals surface area contributed by atoms with E-state index in [4.69, 9.17) is 5.11 Å². The lowest BCUT2D eigenvalue weighted by molar-refractivity contribution is -0.474. The quantitative estimate of drug-likeness (QED) is 0.725. The van der Waals surface area contributed by atoms with Gasteiger partial charge in [0.15, 0.2) is 6.67 Å². The van der Waals surface area contributed by atoms with Crippen molar-refractivity contribution >= 4 is 0 Å². The van der Waals surface area contributed by atoms with Gasteiger partial charge in [-0.2, -0.15) is 26.3 Å². The molecular formula is C4H3F7O2. The molecule has 0 aromatic rings. The summed E-state index contributed by atoms with van der Waals surface area (Å²) in [6.45, 7) is -2.71. The summed E-state index contributed by atoms with van der Waals surface area (Å²) in [7, 11) is 0. The molecule has 0 aliphatic heterocycles. The van der Waals surface area contributed by atoms with Gasteiger partial charge < -0.3 is 5.11 Å². The van der Waals surface area contributed by atoms with E-state index in [-0.39, 0.29) is 0 Å². The van der Waals surface area contributed by atoms with Crippen LogP contribution >= 0.6 is 0 Å². The van der Waals surface area contributed by atoms with Crippen LogP contribution in [0.2, 0.25) is 0 Å². The molecule has 0 spiro atoms. The maximum atomic E-state index is 11.7. The van der Waals surface area contributed by atoms with Gasteiger partial charge in [-0.15, -0.1) is 0 Å². The highest BCUT2D eigenvalue weighted by Crippen LogP contribution is 2.37. The van der Waals surface area contributed by atoms with Crippen LogP contribution in [0.25, 0.3) is 0 Å². The Morgan fingerprint density at radius 3 is 1.62 bits per heavy atom. The first-order valence-electron chi connectivity index (χ1n) is 2.64. The molecule has 0 aliphatic carbocycles. The van der Waals surface area contributed by atoms with Gasteiger partial charge in [0, 0.05) is 0 Å². The number of rotatable bonds is 4. The van der Waals surface area contributed by atoms with Gasteiger partial charge in [0.05, 0.1) is 0 Å². The van der Waals surface area contributed by atoms with Crippen molar-refractivity contribution in [2.45, 2.75) is 18.3 Å². The molecule has 0 saturated heterocycles. The van der Waals surface area contributed by atoms with Gasteiger partial charge in [-0.05, 0) is 0 Å². The Balaban J connectivity index is 4.52. The first-order chi connectivity index (χ1) is 5.52. The van der Waals surface area contributed by atoms with Crippen molar-refractivity contribution in [1.82, 2.24) is 0 Å². The lowest BCUT2D eigenvalue weighted by Crippen LogP contribution is -2.47. The van der Waals surface area contributed by atoms with E-state index in [1.54, 1.807) is 0 Å². The number of aliphatic hydroxyl groups is 1. The molecule has 0 heterocycles. The normalized spacial score (nSPS) is 14.8. The van der Waals surface area contributed by atoms with E-state index in [0.717, 1.165) is 0 Å². The number of alkyl halides is 7. The Kier molecular flexibility index (Phi) is 3.15. The highest BCUT2D eigenvalue weighted by molar-refractivity contribution is 4.66. The van der Waals surface area contributed by atoms with Gasteiger partial charge in [0.1, 0.15) is 0 Å². The van der Waals surface area contributed by atoms with Crippen LogP contribution in [0.1, 0.15) is 0 Å². The fourth-order valence-corrected chi connectivity index (χ4v) is 0.276. The molecule has 9 heteroatoms. The van der Waals surface area contributed by atoms with Crippen LogP contribution in [0.15, 0.2) is 0 Å². The minimum Gasteiger partial charge on any atom is -0.329 e. The van der Waals surface area contributed by atoms with E-state index < -0.39 is 25.0 Å². The van der Waals surface area contributed by atoms with Crippen molar-refractivity contribution in [3.8, 4) is 0 Å². The van der Waals surface area contributed by atoms with E-state index in [9.17, 15) is 30.7 Å². The second-order valence-corrected chi connectivity index (χ2v) is 1.93. The second kappa shape index (κ2) is 3.29. The van der Waals surface area contributed by atoms with Gasteiger partial charge in [-0.1, -0.05) is 0 Å². The minimum absolute atomic E-state index is 2.10. The zero-order chi connectivity index (χ0) is 10.9. The molecule has 0 atom stereocenters. The second-order valence-electron chi connectivity index (χ2n) is 1.93. The third-order valence-corrected chi connectivity index (χ3v) is 0.783. The molecule has 0 aromatic heterocycles. The maximum absolute atomic E-state index is 11.7. The standard InChI is InChI=1S/C4H3F7O2/c5-1-2(6,7)13-4(10,11)3(8,9)12/h12H,1H2. The third-order valence-electron chi connectivity index (χ3n) is 0.783. The first-order valence-corrected chi connectivity index (χ1v) is 2.64. The van der Waals surface area contributed by atoms with Crippen LogP contribution in [0.3, 0.4) is 0 Å². The predicted molar refractivity (Wildman–Crippen MR) is 24.1 cm³/mol. The summed E-state index contributed by atoms with van der Waals surface area (Å²) in [5.74, 6) is 0. The minimum atomic E-state index is -5.84. The SMILES string of the molecule is OC(F)(F)C(F)(F)OC(F)(F)CF. The highest BCUT2D eigenvalue weighted by Gasteiger charge is 2.62. The Labute approximate surface area is 66.9 Å². The van der Waals surface area contributed by atoms with Gasteiger partial charge in [0.25, 0.3) is 0 Å². The van der Waals surface area contributed by atoms with Gasteiger partial charge >= 0.3 is 18.3 Å². The fraction of sp³-hybridized carbons (Fsp3) is 1.00. The molecule has 0 fully saturated rings. The third kappa shape index (κ3) is 3.35. The van der Waals surface area contributed by atoms with E-state index in [1.807, 2.05) is 0 Å². The summed E-state index contributed by atoms with van der Waals surface area (Å²) >= 11 is 0. The summed E-state index contributed by atoms with van der Waals surface area (Å²) in [5, 5.41) is 7.34. The van der Waals surface area contributed by atoms with Gasteiger partial charge in [-0.3, -0.25) is 0 Å². The van der Waals surface area contributed by atoms with Crippen LogP contribution in [-0.4, -0.2) is 30.1 Å². The molecule has 0 saturated carbocycles. The lowest BCUT2D eigenvalue weighted by Gasteiger charge is -2.24. The Morgan fingerprint density at radius 2 is 1.38 bits per heavy atom. The fourth-order valence-electron chi connectivity index (χ4n) is 0.276. The molecule has 2 nitrogen and oxygen atoms in total. The van der Waals surface area contributed by atoms with E-state index in [0.29, 0.717) is 0 Å². The maximum Gasteiger partial charge on any atom is 0.452 e. The summed E-state index contributed by atoms with van der Waals surface area (Å²) in [6, 6.07) is 0. The predicted octanol–water partition coefficient (Wildman–Crippen LogP) is 1.74. The van der Waals surface area contributed by atoms with Crippen LogP contribution in [0.4, 0.5) is 30.7 Å². The molecule has 0 radical (unpaired) electrons. The van der Waals surface area contributed by atoms with Gasteiger partial charge in [0.2, 0.25) is 0 Å². The lowest BCUT2D eigenvalue weighted by atomic mass is 10.5. The van der Waals surface area contributed by atoms with E-state index in [2.05, 4.69) is 4.74 Å². The Hall–Kier alpha value is -0.570. The van der Waals surface area contributed by atoms with Crippen molar-refractivity contribution in [1.29, 1.82) is 0 Å². The van der Waals surface area contributed by atoms with Crippen molar-refractivity contribution in [2.75, 3.05) is 6.67 Å². The molecule has 0 rings (SSSR count). The van der Waals surface area contributed by atoms with Crippen LogP contribution < -0.4 is 0 Å². The smallest absolute Gasteiger partial charge is 0.329 e. The zero-order valence-corrected chi connectivity index (χ0v) is 5.71. The number of ether oxygens (including phenoxy) is 1. The number of hydrogen-bond acceptors (Lipinski definition) is 2. The number of halogens is 7. The summed E-state index contributed by atoms with van der Waals surface area (Å²) < 4.78 is 82.8. The summed E-state index contributed by atoms with van der Waals surface area (Å²) in [6.07, 6.45) is -16.7. The zero-order valence-electron chi connectivity index (χ0n) is 5.71. The number of hydrogen-bond donors (Lipinski definition) is 1. The van der Waals surface area contributed by atoms with E-state index >= 15 is 0 Å². The Morgan fingerprint density at radius 1 is 1.00 bits per heavy atom. The van der Waals surface area contributed by atoms with Gasteiger partial charge in [-0.25, -0.2) is 9.13 Å². The molecule has 0 unspecified atom stereocenters. The van der Waals surface area contributed by atoms with Crippen molar-refractivity contribution < 1.29 is 40.6 Å². The monoisotopic (exact) mass is 216 g/mol. The average molecular weight is 216 g/mol. The summed E-state index contributed by atoms with van der Waals surface area (Å²) in [4.78, 5) is 0. The van der Waals surface area contributed by atoms with Crippen molar-refractivity contribution in [3.63, 3.8) is 0 Å².